The summed E-state index contributed by atoms with van der Waals surface area (Å²) in [5, 5.41) is 4.55. The van der Waals surface area contributed by atoms with E-state index in [1.807, 2.05) is 48.5 Å². The molecule has 2 atom stereocenters. The number of ether oxygens (including phenoxy) is 1. The fourth-order valence-electron chi connectivity index (χ4n) is 4.22. The van der Waals surface area contributed by atoms with Crippen LogP contribution in [0.1, 0.15) is 23.7 Å². The third kappa shape index (κ3) is 3.15. The van der Waals surface area contributed by atoms with E-state index in [0.29, 0.717) is 11.6 Å². The van der Waals surface area contributed by atoms with Gasteiger partial charge in [-0.3, -0.25) is 14.4 Å². The summed E-state index contributed by atoms with van der Waals surface area (Å²) in [6, 6.07) is 10.6. The van der Waals surface area contributed by atoms with Gasteiger partial charge in [-0.05, 0) is 13.3 Å². The van der Waals surface area contributed by atoms with Crippen LogP contribution in [0.2, 0.25) is 0 Å². The predicted molar refractivity (Wildman–Crippen MR) is 99.9 cm³/mol. The number of morpholine rings is 1. The molecule has 2 saturated heterocycles. The van der Waals surface area contributed by atoms with Crippen molar-refractivity contribution < 1.29 is 9.53 Å². The Morgan fingerprint density at radius 2 is 1.88 bits per heavy atom. The van der Waals surface area contributed by atoms with Gasteiger partial charge in [0.15, 0.2) is 0 Å². The van der Waals surface area contributed by atoms with Gasteiger partial charge in [0.1, 0.15) is 5.69 Å². The van der Waals surface area contributed by atoms with Crippen molar-refractivity contribution in [2.45, 2.75) is 25.4 Å². The average Bonchev–Trinajstić information content (AvgIpc) is 3.25. The summed E-state index contributed by atoms with van der Waals surface area (Å²) in [5.41, 5.74) is 2.43. The molecule has 1 amide bonds. The number of aromatic nitrogens is 2. The van der Waals surface area contributed by atoms with Gasteiger partial charge in [-0.2, -0.15) is 5.10 Å². The topological polar surface area (TPSA) is 50.6 Å². The van der Waals surface area contributed by atoms with Crippen LogP contribution in [0.5, 0.6) is 0 Å². The van der Waals surface area contributed by atoms with Crippen LogP contribution in [0.3, 0.4) is 0 Å². The average molecular weight is 354 g/mol. The Kier molecular flexibility index (Phi) is 4.78. The molecule has 1 aromatic heterocycles. The molecule has 0 unspecified atom stereocenters. The Morgan fingerprint density at radius 3 is 2.62 bits per heavy atom. The fraction of sp³-hybridized carbons (Fsp3) is 0.500. The minimum atomic E-state index is 0.0835. The highest BCUT2D eigenvalue weighted by Gasteiger charge is 2.38. The third-order valence-corrected chi connectivity index (χ3v) is 5.60. The van der Waals surface area contributed by atoms with E-state index in [0.717, 1.165) is 50.5 Å². The molecule has 0 N–H and O–H groups in total. The van der Waals surface area contributed by atoms with Gasteiger partial charge >= 0.3 is 0 Å². The highest BCUT2D eigenvalue weighted by atomic mass is 16.5. The summed E-state index contributed by atoms with van der Waals surface area (Å²) in [4.78, 5) is 17.8. The molecule has 2 aliphatic rings. The summed E-state index contributed by atoms with van der Waals surface area (Å²) in [6.45, 7) is 6.46. The second kappa shape index (κ2) is 7.21. The molecular weight excluding hydrogens is 328 g/mol. The lowest BCUT2D eigenvalue weighted by atomic mass is 10.1. The van der Waals surface area contributed by atoms with E-state index in [4.69, 9.17) is 4.74 Å². The van der Waals surface area contributed by atoms with Gasteiger partial charge in [0.05, 0.1) is 18.8 Å². The lowest BCUT2D eigenvalue weighted by molar-refractivity contribution is 0.0104. The Bertz CT molecular complexity index is 767. The Labute approximate surface area is 154 Å². The van der Waals surface area contributed by atoms with Gasteiger partial charge in [-0.25, -0.2) is 0 Å². The number of hydrogen-bond acceptors (Lipinski definition) is 4. The number of carbonyl (C=O) groups excluding carboxylic acids is 1. The quantitative estimate of drug-likeness (QED) is 0.846. The Morgan fingerprint density at radius 1 is 1.15 bits per heavy atom. The van der Waals surface area contributed by atoms with Crippen LogP contribution < -0.4 is 0 Å². The van der Waals surface area contributed by atoms with Gasteiger partial charge < -0.3 is 9.64 Å². The predicted octanol–water partition coefficient (Wildman–Crippen LogP) is 2.02. The van der Waals surface area contributed by atoms with Crippen LogP contribution in [0.25, 0.3) is 11.3 Å². The van der Waals surface area contributed by atoms with E-state index in [2.05, 4.69) is 16.9 Å². The van der Waals surface area contributed by atoms with E-state index in [9.17, 15) is 4.79 Å². The molecule has 2 aromatic rings. The van der Waals surface area contributed by atoms with Crippen molar-refractivity contribution in [1.29, 1.82) is 0 Å². The third-order valence-electron chi connectivity index (χ3n) is 5.60. The smallest absolute Gasteiger partial charge is 0.257 e. The van der Waals surface area contributed by atoms with E-state index >= 15 is 0 Å². The van der Waals surface area contributed by atoms with E-state index in [1.54, 1.807) is 4.68 Å². The van der Waals surface area contributed by atoms with Crippen molar-refractivity contribution >= 4 is 5.91 Å². The minimum absolute atomic E-state index is 0.0835. The van der Waals surface area contributed by atoms with Crippen molar-refractivity contribution in [3.8, 4) is 11.3 Å². The molecule has 26 heavy (non-hydrogen) atoms. The van der Waals surface area contributed by atoms with Gasteiger partial charge in [0.2, 0.25) is 0 Å². The maximum Gasteiger partial charge on any atom is 0.257 e. The minimum Gasteiger partial charge on any atom is -0.379 e. The molecule has 6 heteroatoms. The zero-order chi connectivity index (χ0) is 18.1. The molecule has 6 nitrogen and oxygen atoms in total. The van der Waals surface area contributed by atoms with Crippen LogP contribution >= 0.6 is 0 Å². The molecule has 0 radical (unpaired) electrons. The molecule has 0 saturated carbocycles. The van der Waals surface area contributed by atoms with Crippen LogP contribution in [-0.2, 0) is 11.8 Å². The van der Waals surface area contributed by atoms with Crippen LogP contribution in [-0.4, -0.2) is 70.4 Å². The summed E-state index contributed by atoms with van der Waals surface area (Å²) in [7, 11) is 1.87. The van der Waals surface area contributed by atoms with Crippen molar-refractivity contribution in [2.24, 2.45) is 7.05 Å². The molecule has 3 heterocycles. The first-order valence-corrected chi connectivity index (χ1v) is 9.37. The van der Waals surface area contributed by atoms with E-state index in [1.165, 1.54) is 0 Å². The molecule has 2 fully saturated rings. The fourth-order valence-corrected chi connectivity index (χ4v) is 4.22. The Balaban J connectivity index is 1.57. The summed E-state index contributed by atoms with van der Waals surface area (Å²) in [5.74, 6) is 0.0835. The zero-order valence-corrected chi connectivity index (χ0v) is 15.5. The van der Waals surface area contributed by atoms with Gasteiger partial charge in [-0.1, -0.05) is 30.3 Å². The lowest BCUT2D eigenvalue weighted by Gasteiger charge is -2.35. The zero-order valence-electron chi connectivity index (χ0n) is 15.5. The van der Waals surface area contributed by atoms with Gasteiger partial charge in [0.25, 0.3) is 5.91 Å². The number of nitrogens with zero attached hydrogens (tertiary/aromatic N) is 4. The second-order valence-corrected chi connectivity index (χ2v) is 7.17. The number of carbonyl (C=O) groups is 1. The van der Waals surface area contributed by atoms with Crippen LogP contribution in [0.15, 0.2) is 36.5 Å². The SMILES string of the molecule is C[C@@H]1[C@H](N2CCOCC2)CCN1C(=O)c1cn(C)nc1-c1ccccc1. The standard InChI is InChI=1S/C20H26N4O2/c1-15-18(23-10-12-26-13-11-23)8-9-24(15)20(25)17-14-22(2)21-19(17)16-6-4-3-5-7-16/h3-7,14-15,18H,8-13H2,1-2H3/t15-,18-/m1/s1. The molecular formula is C20H26N4O2. The number of likely N-dealkylation sites (tertiary alicyclic amines) is 1. The molecule has 0 bridgehead atoms. The number of aryl methyl sites for hydroxylation is 1. The molecule has 138 valence electrons. The molecule has 1 aromatic carbocycles. The summed E-state index contributed by atoms with van der Waals surface area (Å²) < 4.78 is 7.20. The van der Waals surface area contributed by atoms with E-state index in [-0.39, 0.29) is 11.9 Å². The number of rotatable bonds is 3. The first-order valence-electron chi connectivity index (χ1n) is 9.37. The normalized spacial score (nSPS) is 24.2. The van der Waals surface area contributed by atoms with Crippen molar-refractivity contribution in [3.05, 3.63) is 42.1 Å². The van der Waals surface area contributed by atoms with Crippen molar-refractivity contribution in [2.75, 3.05) is 32.8 Å². The van der Waals surface area contributed by atoms with Gasteiger partial charge in [-0.15, -0.1) is 0 Å². The maximum atomic E-state index is 13.3. The highest BCUT2D eigenvalue weighted by molar-refractivity contribution is 6.00. The number of benzene rings is 1. The second-order valence-electron chi connectivity index (χ2n) is 7.17. The maximum absolute atomic E-state index is 13.3. The molecule has 0 aliphatic carbocycles. The van der Waals surface area contributed by atoms with Crippen molar-refractivity contribution in [3.63, 3.8) is 0 Å². The summed E-state index contributed by atoms with van der Waals surface area (Å²) >= 11 is 0. The molecule has 4 rings (SSSR count). The first-order chi connectivity index (χ1) is 12.6. The molecule has 0 spiro atoms. The van der Waals surface area contributed by atoms with Crippen LogP contribution in [0.4, 0.5) is 0 Å². The van der Waals surface area contributed by atoms with Gasteiger partial charge in [0, 0.05) is 50.5 Å². The number of hydrogen-bond donors (Lipinski definition) is 0. The lowest BCUT2D eigenvalue weighted by Crippen LogP contribution is -2.49. The van der Waals surface area contributed by atoms with Crippen LogP contribution in [0, 0.1) is 0 Å². The first kappa shape index (κ1) is 17.2. The number of amides is 1. The van der Waals surface area contributed by atoms with Crippen molar-refractivity contribution in [1.82, 2.24) is 19.6 Å². The Hall–Kier alpha value is -2.18. The van der Waals surface area contributed by atoms with E-state index < -0.39 is 0 Å². The monoisotopic (exact) mass is 354 g/mol. The molecule has 2 aliphatic heterocycles. The largest absolute Gasteiger partial charge is 0.379 e. The highest BCUT2D eigenvalue weighted by Crippen LogP contribution is 2.28. The summed E-state index contributed by atoms with van der Waals surface area (Å²) in [6.07, 6.45) is 2.87.